The standard InChI is InChI=1S/C25H28O4/c1-7-17-14-20(18-8-10-21(27-4)15(2)12-18)23(24(26)25(17)29-6)19-9-11-22(28-5)16(3)13-19/h8-14,26H,7H2,1-6H3. The lowest BCUT2D eigenvalue weighted by molar-refractivity contribution is 0.370. The highest BCUT2D eigenvalue weighted by atomic mass is 16.5. The first-order valence-corrected chi connectivity index (χ1v) is 9.67. The Morgan fingerprint density at radius 2 is 1.31 bits per heavy atom. The predicted octanol–water partition coefficient (Wildman–Crippen LogP) is 5.93. The molecule has 0 fully saturated rings. The van der Waals surface area contributed by atoms with E-state index in [-0.39, 0.29) is 5.75 Å². The Morgan fingerprint density at radius 1 is 0.759 bits per heavy atom. The fraction of sp³-hybridized carbons (Fsp3) is 0.280. The minimum Gasteiger partial charge on any atom is -0.504 e. The van der Waals surface area contributed by atoms with Gasteiger partial charge in [0, 0.05) is 5.56 Å². The molecule has 0 aromatic heterocycles. The molecule has 3 aromatic carbocycles. The van der Waals surface area contributed by atoms with E-state index in [1.807, 2.05) is 44.2 Å². The summed E-state index contributed by atoms with van der Waals surface area (Å²) in [5.41, 5.74) is 6.62. The topological polar surface area (TPSA) is 47.9 Å². The summed E-state index contributed by atoms with van der Waals surface area (Å²) in [7, 11) is 4.92. The average molecular weight is 392 g/mol. The van der Waals surface area contributed by atoms with Gasteiger partial charge in [-0.2, -0.15) is 0 Å². The second-order valence-electron chi connectivity index (χ2n) is 7.06. The second-order valence-corrected chi connectivity index (χ2v) is 7.06. The van der Waals surface area contributed by atoms with Crippen molar-refractivity contribution in [1.29, 1.82) is 0 Å². The average Bonchev–Trinajstić information content (AvgIpc) is 2.72. The molecule has 0 radical (unpaired) electrons. The minimum atomic E-state index is 0.153. The van der Waals surface area contributed by atoms with Crippen LogP contribution in [0.25, 0.3) is 22.3 Å². The van der Waals surface area contributed by atoms with Crippen LogP contribution in [0.15, 0.2) is 42.5 Å². The van der Waals surface area contributed by atoms with Gasteiger partial charge in [-0.25, -0.2) is 0 Å². The van der Waals surface area contributed by atoms with Gasteiger partial charge in [-0.05, 0) is 84.0 Å². The van der Waals surface area contributed by atoms with E-state index in [0.717, 1.165) is 56.9 Å². The second kappa shape index (κ2) is 8.48. The summed E-state index contributed by atoms with van der Waals surface area (Å²) in [5.74, 6) is 2.32. The van der Waals surface area contributed by atoms with Crippen molar-refractivity contribution in [2.24, 2.45) is 0 Å². The molecule has 0 aliphatic heterocycles. The van der Waals surface area contributed by atoms with Crippen LogP contribution in [0.1, 0.15) is 23.6 Å². The van der Waals surface area contributed by atoms with Crippen molar-refractivity contribution in [3.05, 3.63) is 59.2 Å². The molecule has 4 nitrogen and oxygen atoms in total. The molecule has 152 valence electrons. The van der Waals surface area contributed by atoms with Crippen LogP contribution in [-0.4, -0.2) is 26.4 Å². The van der Waals surface area contributed by atoms with Crippen LogP contribution in [0.2, 0.25) is 0 Å². The molecule has 29 heavy (non-hydrogen) atoms. The molecule has 0 heterocycles. The molecule has 0 amide bonds. The SMILES string of the molecule is CCc1cc(-c2ccc(OC)c(C)c2)c(-c2ccc(OC)c(C)c2)c(O)c1OC. The van der Waals surface area contributed by atoms with Crippen molar-refractivity contribution in [2.45, 2.75) is 27.2 Å². The number of methoxy groups -OCH3 is 3. The summed E-state index contributed by atoms with van der Waals surface area (Å²) in [6.07, 6.45) is 0.751. The lowest BCUT2D eigenvalue weighted by Gasteiger charge is -2.19. The number of phenolic OH excluding ortho intramolecular Hbond substituents is 1. The zero-order valence-corrected chi connectivity index (χ0v) is 17.9. The molecule has 0 saturated heterocycles. The van der Waals surface area contributed by atoms with Gasteiger partial charge >= 0.3 is 0 Å². The zero-order valence-electron chi connectivity index (χ0n) is 17.9. The third-order valence-electron chi connectivity index (χ3n) is 5.31. The maximum Gasteiger partial charge on any atom is 0.166 e. The Kier molecular flexibility index (Phi) is 6.02. The first kappa shape index (κ1) is 20.6. The van der Waals surface area contributed by atoms with Crippen LogP contribution in [0.3, 0.4) is 0 Å². The highest BCUT2D eigenvalue weighted by Gasteiger charge is 2.21. The smallest absolute Gasteiger partial charge is 0.166 e. The van der Waals surface area contributed by atoms with Crippen molar-refractivity contribution in [1.82, 2.24) is 0 Å². The summed E-state index contributed by atoms with van der Waals surface area (Å²) >= 11 is 0. The number of aromatic hydroxyl groups is 1. The molecular weight excluding hydrogens is 364 g/mol. The molecule has 0 spiro atoms. The number of rotatable bonds is 6. The van der Waals surface area contributed by atoms with Crippen molar-refractivity contribution in [3.63, 3.8) is 0 Å². The van der Waals surface area contributed by atoms with Crippen LogP contribution in [-0.2, 0) is 6.42 Å². The maximum absolute atomic E-state index is 11.2. The van der Waals surface area contributed by atoms with E-state index in [2.05, 4.69) is 19.1 Å². The highest BCUT2D eigenvalue weighted by Crippen LogP contribution is 2.47. The van der Waals surface area contributed by atoms with Crippen LogP contribution in [0, 0.1) is 13.8 Å². The normalized spacial score (nSPS) is 10.7. The van der Waals surface area contributed by atoms with Crippen LogP contribution in [0.4, 0.5) is 0 Å². The Labute approximate surface area is 172 Å². The van der Waals surface area contributed by atoms with E-state index in [0.29, 0.717) is 5.75 Å². The predicted molar refractivity (Wildman–Crippen MR) is 117 cm³/mol. The molecule has 0 saturated carbocycles. The number of benzene rings is 3. The molecule has 0 unspecified atom stereocenters. The molecule has 0 bridgehead atoms. The van der Waals surface area contributed by atoms with E-state index in [4.69, 9.17) is 14.2 Å². The Hall–Kier alpha value is -3.14. The third kappa shape index (κ3) is 3.75. The first-order chi connectivity index (χ1) is 13.9. The van der Waals surface area contributed by atoms with E-state index in [9.17, 15) is 5.11 Å². The molecule has 3 rings (SSSR count). The fourth-order valence-corrected chi connectivity index (χ4v) is 3.80. The van der Waals surface area contributed by atoms with Gasteiger partial charge in [0.1, 0.15) is 11.5 Å². The number of hydrogen-bond donors (Lipinski definition) is 1. The van der Waals surface area contributed by atoms with Gasteiger partial charge in [-0.1, -0.05) is 19.1 Å². The highest BCUT2D eigenvalue weighted by molar-refractivity contribution is 5.91. The van der Waals surface area contributed by atoms with Gasteiger partial charge in [-0.15, -0.1) is 0 Å². The van der Waals surface area contributed by atoms with Crippen LogP contribution >= 0.6 is 0 Å². The number of hydrogen-bond acceptors (Lipinski definition) is 4. The first-order valence-electron chi connectivity index (χ1n) is 9.67. The lowest BCUT2D eigenvalue weighted by atomic mass is 9.89. The largest absolute Gasteiger partial charge is 0.504 e. The number of ether oxygens (including phenoxy) is 3. The third-order valence-corrected chi connectivity index (χ3v) is 5.31. The molecule has 3 aromatic rings. The van der Waals surface area contributed by atoms with E-state index in [1.165, 1.54) is 0 Å². The van der Waals surface area contributed by atoms with Crippen LogP contribution in [0.5, 0.6) is 23.0 Å². The molecule has 0 atom stereocenters. The monoisotopic (exact) mass is 392 g/mol. The van der Waals surface area contributed by atoms with Crippen molar-refractivity contribution < 1.29 is 19.3 Å². The number of phenols is 1. The summed E-state index contributed by atoms with van der Waals surface area (Å²) in [6.45, 7) is 6.06. The van der Waals surface area contributed by atoms with Gasteiger partial charge in [0.25, 0.3) is 0 Å². The summed E-state index contributed by atoms with van der Waals surface area (Å²) in [6, 6.07) is 14.1. The lowest BCUT2D eigenvalue weighted by Crippen LogP contribution is -1.97. The van der Waals surface area contributed by atoms with Gasteiger partial charge in [0.2, 0.25) is 0 Å². The van der Waals surface area contributed by atoms with Crippen molar-refractivity contribution in [3.8, 4) is 45.3 Å². The van der Waals surface area contributed by atoms with Gasteiger partial charge < -0.3 is 19.3 Å². The van der Waals surface area contributed by atoms with E-state index >= 15 is 0 Å². The Morgan fingerprint density at radius 3 is 1.79 bits per heavy atom. The zero-order chi connectivity index (χ0) is 21.1. The molecular formula is C25H28O4. The van der Waals surface area contributed by atoms with Crippen molar-refractivity contribution in [2.75, 3.05) is 21.3 Å². The summed E-state index contributed by atoms with van der Waals surface area (Å²) in [4.78, 5) is 0. The fourth-order valence-electron chi connectivity index (χ4n) is 3.80. The number of aryl methyl sites for hydroxylation is 3. The molecule has 1 N–H and O–H groups in total. The van der Waals surface area contributed by atoms with Gasteiger partial charge in [-0.3, -0.25) is 0 Å². The van der Waals surface area contributed by atoms with E-state index in [1.54, 1.807) is 21.3 Å². The molecule has 4 heteroatoms. The Bertz CT molecular complexity index is 1040. The summed E-state index contributed by atoms with van der Waals surface area (Å²) < 4.78 is 16.4. The minimum absolute atomic E-state index is 0.153. The van der Waals surface area contributed by atoms with Gasteiger partial charge in [0.05, 0.1) is 21.3 Å². The van der Waals surface area contributed by atoms with Crippen LogP contribution < -0.4 is 14.2 Å². The maximum atomic E-state index is 11.2. The van der Waals surface area contributed by atoms with Crippen molar-refractivity contribution >= 4 is 0 Å². The molecule has 0 aliphatic rings. The quantitative estimate of drug-likeness (QED) is 0.565. The van der Waals surface area contributed by atoms with Gasteiger partial charge in [0.15, 0.2) is 11.5 Å². The Balaban J connectivity index is 2.33. The van der Waals surface area contributed by atoms with E-state index < -0.39 is 0 Å². The summed E-state index contributed by atoms with van der Waals surface area (Å²) in [5, 5.41) is 11.2. The molecule has 0 aliphatic carbocycles.